The van der Waals surface area contributed by atoms with E-state index in [0.29, 0.717) is 5.92 Å². The zero-order valence-corrected chi connectivity index (χ0v) is 9.40. The molecule has 4 nitrogen and oxygen atoms in total. The molecular formula is C12H16N4. The molecule has 2 heterocycles. The van der Waals surface area contributed by atoms with Gasteiger partial charge in [-0.1, -0.05) is 6.42 Å². The minimum Gasteiger partial charge on any atom is -0.340 e. The minimum absolute atomic E-state index is 0.252. The molecular weight excluding hydrogens is 200 g/mol. The molecule has 84 valence electrons. The number of nitrogens with one attached hydrogen (secondary N) is 1. The summed E-state index contributed by atoms with van der Waals surface area (Å²) in [7, 11) is 0. The third-order valence-electron chi connectivity index (χ3n) is 3.41. The van der Waals surface area contributed by atoms with Gasteiger partial charge in [0.2, 0.25) is 0 Å². The molecule has 1 saturated carbocycles. The summed E-state index contributed by atoms with van der Waals surface area (Å²) in [6.45, 7) is 2.04. The van der Waals surface area contributed by atoms with E-state index < -0.39 is 0 Å². The highest BCUT2D eigenvalue weighted by Crippen LogP contribution is 2.32. The van der Waals surface area contributed by atoms with Gasteiger partial charge in [0.1, 0.15) is 5.82 Å². The number of pyridine rings is 1. The lowest BCUT2D eigenvalue weighted by molar-refractivity contribution is 0.588. The van der Waals surface area contributed by atoms with Gasteiger partial charge in [-0.25, -0.2) is 9.97 Å². The number of nitrogens with zero attached hydrogens (tertiary/aromatic N) is 2. The van der Waals surface area contributed by atoms with Crippen molar-refractivity contribution in [2.45, 2.75) is 38.1 Å². The number of nitrogens with two attached hydrogens (primary N) is 1. The molecule has 2 aromatic heterocycles. The van der Waals surface area contributed by atoms with Crippen molar-refractivity contribution in [1.82, 2.24) is 15.0 Å². The van der Waals surface area contributed by atoms with Gasteiger partial charge >= 0.3 is 0 Å². The second-order valence-electron chi connectivity index (χ2n) is 4.71. The Balaban J connectivity index is 2.04. The number of aryl methyl sites for hydroxylation is 1. The Morgan fingerprint density at radius 2 is 2.31 bits per heavy atom. The Kier molecular flexibility index (Phi) is 2.17. The van der Waals surface area contributed by atoms with Crippen LogP contribution in [-0.4, -0.2) is 21.0 Å². The maximum atomic E-state index is 6.08. The van der Waals surface area contributed by atoms with Gasteiger partial charge in [0.05, 0.1) is 5.52 Å². The van der Waals surface area contributed by atoms with E-state index in [2.05, 4.69) is 21.0 Å². The van der Waals surface area contributed by atoms with E-state index in [1.54, 1.807) is 0 Å². The van der Waals surface area contributed by atoms with E-state index >= 15 is 0 Å². The van der Waals surface area contributed by atoms with Crippen LogP contribution in [0.3, 0.4) is 0 Å². The number of hydrogen-bond donors (Lipinski definition) is 2. The summed E-state index contributed by atoms with van der Waals surface area (Å²) in [5.74, 6) is 1.40. The minimum atomic E-state index is 0.252. The first-order chi connectivity index (χ1) is 7.74. The number of hydrogen-bond acceptors (Lipinski definition) is 3. The largest absolute Gasteiger partial charge is 0.340 e. The molecule has 1 fully saturated rings. The molecule has 0 spiro atoms. The molecule has 2 unspecified atom stereocenters. The number of H-pyrrole nitrogens is 1. The average Bonchev–Trinajstić information content (AvgIpc) is 2.82. The van der Waals surface area contributed by atoms with Crippen molar-refractivity contribution >= 4 is 11.2 Å². The van der Waals surface area contributed by atoms with Crippen molar-refractivity contribution in [2.24, 2.45) is 5.73 Å². The van der Waals surface area contributed by atoms with E-state index in [-0.39, 0.29) is 6.04 Å². The summed E-state index contributed by atoms with van der Waals surface area (Å²) in [5, 5.41) is 0. The van der Waals surface area contributed by atoms with Crippen LogP contribution < -0.4 is 5.73 Å². The van der Waals surface area contributed by atoms with Gasteiger partial charge in [0.25, 0.3) is 0 Å². The van der Waals surface area contributed by atoms with Gasteiger partial charge in [-0.3, -0.25) is 0 Å². The Bertz CT molecular complexity index is 517. The van der Waals surface area contributed by atoms with E-state index in [1.165, 1.54) is 6.42 Å². The molecule has 0 aromatic carbocycles. The Hall–Kier alpha value is -1.42. The molecule has 0 amide bonds. The molecule has 1 aliphatic rings. The fraction of sp³-hybridized carbons (Fsp3) is 0.500. The lowest BCUT2D eigenvalue weighted by Gasteiger charge is -2.11. The van der Waals surface area contributed by atoms with Crippen molar-refractivity contribution in [2.75, 3.05) is 0 Å². The number of aromatic nitrogens is 3. The summed E-state index contributed by atoms with van der Waals surface area (Å²) in [6, 6.07) is 2.33. The van der Waals surface area contributed by atoms with E-state index in [4.69, 9.17) is 5.73 Å². The molecule has 3 N–H and O–H groups in total. The maximum absolute atomic E-state index is 6.08. The smallest absolute Gasteiger partial charge is 0.177 e. The Morgan fingerprint density at radius 1 is 1.44 bits per heavy atom. The van der Waals surface area contributed by atoms with Crippen LogP contribution in [0.2, 0.25) is 0 Å². The lowest BCUT2D eigenvalue weighted by Crippen LogP contribution is -2.23. The number of aromatic amines is 1. The monoisotopic (exact) mass is 216 g/mol. The highest BCUT2D eigenvalue weighted by molar-refractivity contribution is 5.71. The van der Waals surface area contributed by atoms with Gasteiger partial charge in [-0.2, -0.15) is 0 Å². The molecule has 0 bridgehead atoms. The predicted molar refractivity (Wildman–Crippen MR) is 63.2 cm³/mol. The predicted octanol–water partition coefficient (Wildman–Crippen LogP) is 1.86. The summed E-state index contributed by atoms with van der Waals surface area (Å²) >= 11 is 0. The first kappa shape index (κ1) is 9.78. The second-order valence-corrected chi connectivity index (χ2v) is 4.71. The molecule has 0 aliphatic heterocycles. The molecule has 16 heavy (non-hydrogen) atoms. The third-order valence-corrected chi connectivity index (χ3v) is 3.41. The molecule has 3 rings (SSSR count). The van der Waals surface area contributed by atoms with Gasteiger partial charge in [-0.05, 0) is 31.4 Å². The Labute approximate surface area is 94.3 Å². The summed E-state index contributed by atoms with van der Waals surface area (Å²) in [4.78, 5) is 12.2. The van der Waals surface area contributed by atoms with E-state index in [1.807, 2.05) is 13.1 Å². The third kappa shape index (κ3) is 1.50. The zero-order valence-electron chi connectivity index (χ0n) is 9.40. The summed E-state index contributed by atoms with van der Waals surface area (Å²) < 4.78 is 0. The van der Waals surface area contributed by atoms with Crippen LogP contribution in [0, 0.1) is 6.92 Å². The molecule has 2 aromatic rings. The van der Waals surface area contributed by atoms with Crippen LogP contribution in [0.15, 0.2) is 12.3 Å². The standard InChI is InChI=1S/C12H16N4/c1-7-5-10-12(14-6-7)16-11(15-10)8-3-2-4-9(8)13/h5-6,8-9H,2-4,13H2,1H3,(H,14,15,16). The fourth-order valence-corrected chi connectivity index (χ4v) is 2.53. The van der Waals surface area contributed by atoms with Crippen LogP contribution in [0.25, 0.3) is 11.2 Å². The van der Waals surface area contributed by atoms with Gasteiger partial charge in [0, 0.05) is 18.2 Å². The topological polar surface area (TPSA) is 67.6 Å². The first-order valence-corrected chi connectivity index (χ1v) is 5.82. The maximum Gasteiger partial charge on any atom is 0.177 e. The van der Waals surface area contributed by atoms with Gasteiger partial charge in [0.15, 0.2) is 5.65 Å². The number of fused-ring (bicyclic) bond motifs is 1. The number of imidazole rings is 1. The van der Waals surface area contributed by atoms with E-state index in [9.17, 15) is 0 Å². The summed E-state index contributed by atoms with van der Waals surface area (Å²) in [6.07, 6.45) is 5.30. The normalized spacial score (nSPS) is 25.4. The molecule has 0 saturated heterocycles. The lowest BCUT2D eigenvalue weighted by atomic mass is 10.0. The Morgan fingerprint density at radius 3 is 3.06 bits per heavy atom. The van der Waals surface area contributed by atoms with Crippen molar-refractivity contribution < 1.29 is 0 Å². The fourth-order valence-electron chi connectivity index (χ4n) is 2.53. The first-order valence-electron chi connectivity index (χ1n) is 5.82. The highest BCUT2D eigenvalue weighted by atomic mass is 15.0. The van der Waals surface area contributed by atoms with Crippen LogP contribution in [0.5, 0.6) is 0 Å². The molecule has 4 heteroatoms. The van der Waals surface area contributed by atoms with Crippen molar-refractivity contribution in [3.8, 4) is 0 Å². The summed E-state index contributed by atoms with van der Waals surface area (Å²) in [5.41, 5.74) is 9.06. The SMILES string of the molecule is Cc1cnc2nc(C3CCCC3N)[nH]c2c1. The number of rotatable bonds is 1. The van der Waals surface area contributed by atoms with E-state index in [0.717, 1.165) is 35.4 Å². The van der Waals surface area contributed by atoms with Gasteiger partial charge < -0.3 is 10.7 Å². The van der Waals surface area contributed by atoms with Gasteiger partial charge in [-0.15, -0.1) is 0 Å². The van der Waals surface area contributed by atoms with Crippen LogP contribution in [0.1, 0.15) is 36.6 Å². The van der Waals surface area contributed by atoms with Crippen molar-refractivity contribution in [1.29, 1.82) is 0 Å². The van der Waals surface area contributed by atoms with Crippen molar-refractivity contribution in [3.05, 3.63) is 23.7 Å². The van der Waals surface area contributed by atoms with Crippen LogP contribution in [-0.2, 0) is 0 Å². The molecule has 0 radical (unpaired) electrons. The quantitative estimate of drug-likeness (QED) is 0.764. The highest BCUT2D eigenvalue weighted by Gasteiger charge is 2.28. The van der Waals surface area contributed by atoms with Crippen LogP contribution in [0.4, 0.5) is 0 Å². The average molecular weight is 216 g/mol. The van der Waals surface area contributed by atoms with Crippen molar-refractivity contribution in [3.63, 3.8) is 0 Å². The second kappa shape index (κ2) is 3.56. The molecule has 1 aliphatic carbocycles. The zero-order chi connectivity index (χ0) is 11.1. The molecule has 2 atom stereocenters. The van der Waals surface area contributed by atoms with Crippen LogP contribution >= 0.6 is 0 Å².